The van der Waals surface area contributed by atoms with E-state index in [1.165, 1.54) is 6.08 Å². The van der Waals surface area contributed by atoms with Crippen molar-refractivity contribution in [1.82, 2.24) is 0 Å². The summed E-state index contributed by atoms with van der Waals surface area (Å²) in [5, 5.41) is 24.7. The minimum Gasteiger partial charge on any atom is -0.652 e. The van der Waals surface area contributed by atoms with Gasteiger partial charge in [0.1, 0.15) is 0 Å². The van der Waals surface area contributed by atoms with Gasteiger partial charge in [-0.2, -0.15) is 0 Å². The van der Waals surface area contributed by atoms with Crippen LogP contribution in [0.2, 0.25) is 0 Å². The zero-order chi connectivity index (χ0) is 9.98. The Kier molecular flexibility index (Phi) is 20.0. The first-order valence-electron chi connectivity index (χ1n) is 2.91. The molecule has 5 nitrogen and oxygen atoms in total. The van der Waals surface area contributed by atoms with Gasteiger partial charge in [-0.1, -0.05) is 18.2 Å². The molecular formula is C7H8CeO5-2. The van der Waals surface area contributed by atoms with Crippen molar-refractivity contribution >= 4 is 12.1 Å². The number of hydrogen-bond donors (Lipinski definition) is 1. The van der Waals surface area contributed by atoms with Crippen LogP contribution < -0.4 is 10.2 Å². The fourth-order valence-electron chi connectivity index (χ4n) is 0.249. The molecule has 0 fully saturated rings. The van der Waals surface area contributed by atoms with Crippen molar-refractivity contribution in [3.8, 4) is 0 Å². The van der Waals surface area contributed by atoms with E-state index in [0.717, 1.165) is 6.08 Å². The summed E-state index contributed by atoms with van der Waals surface area (Å²) in [6.45, 7) is 1.83. The van der Waals surface area contributed by atoms with Crippen LogP contribution in [0.25, 0.3) is 0 Å². The van der Waals surface area contributed by atoms with E-state index in [9.17, 15) is 4.79 Å². The molecule has 72 valence electrons. The molecule has 0 unspecified atom stereocenters. The summed E-state index contributed by atoms with van der Waals surface area (Å²) < 4.78 is 0. The number of carboxylic acids is 1. The van der Waals surface area contributed by atoms with Gasteiger partial charge in [-0.25, -0.2) is 4.79 Å². The molecule has 0 bridgehead atoms. The van der Waals surface area contributed by atoms with Crippen LogP contribution in [0.4, 0.5) is 4.79 Å². The Morgan fingerprint density at radius 3 is 1.85 bits per heavy atom. The fraction of sp³-hybridized carbons (Fsp3) is 0.143. The number of rotatable bonds is 2. The number of aliphatic carboxylic acids is 1. The smallest absolute Gasteiger partial charge is 0.328 e. The number of carbonyl (C=O) groups is 2. The molecular weight excluding hydrogens is 304 g/mol. The van der Waals surface area contributed by atoms with Crippen LogP contribution in [0.5, 0.6) is 0 Å². The summed E-state index contributed by atoms with van der Waals surface area (Å²) in [4.78, 5) is 18.1. The minimum absolute atomic E-state index is 0. The number of carboxylic acid groups (broad SMARTS) is 3. The molecule has 0 amide bonds. The summed E-state index contributed by atoms with van der Waals surface area (Å²) in [5.41, 5.74) is 0. The molecule has 13 heavy (non-hydrogen) atoms. The number of allylic oxidation sites excluding steroid dienone is 3. The SMILES string of the molecule is C/C=C/C=C/C(=O)O.O=C([O-])[O-].[Ce]. The summed E-state index contributed by atoms with van der Waals surface area (Å²) in [6.07, 6.45) is 3.65. The van der Waals surface area contributed by atoms with Gasteiger partial charge in [-0.3, -0.25) is 0 Å². The number of hydrogen-bond acceptors (Lipinski definition) is 4. The van der Waals surface area contributed by atoms with Gasteiger partial charge in [-0.05, 0) is 13.1 Å². The van der Waals surface area contributed by atoms with E-state index in [2.05, 4.69) is 0 Å². The molecule has 0 aromatic carbocycles. The van der Waals surface area contributed by atoms with Crippen LogP contribution in [-0.2, 0) is 4.79 Å². The van der Waals surface area contributed by atoms with Crippen molar-refractivity contribution < 1.29 is 66.7 Å². The summed E-state index contributed by atoms with van der Waals surface area (Å²) in [5.74, 6) is -0.914. The maximum atomic E-state index is 9.75. The molecule has 0 aromatic rings. The normalized spacial score (nSPS) is 8.69. The fourth-order valence-corrected chi connectivity index (χ4v) is 0.249. The monoisotopic (exact) mass is 312 g/mol. The van der Waals surface area contributed by atoms with E-state index in [4.69, 9.17) is 20.1 Å². The molecule has 0 heterocycles. The third kappa shape index (κ3) is 50.5. The zero-order valence-electron chi connectivity index (χ0n) is 6.89. The van der Waals surface area contributed by atoms with E-state index in [-0.39, 0.29) is 41.7 Å². The first-order valence-corrected chi connectivity index (χ1v) is 2.91. The average Bonchev–Trinajstić information content (AvgIpc) is 1.86. The Labute approximate surface area is 109 Å². The van der Waals surface area contributed by atoms with Crippen molar-refractivity contribution in [2.75, 3.05) is 0 Å². The second-order valence-corrected chi connectivity index (χ2v) is 1.47. The van der Waals surface area contributed by atoms with Crippen molar-refractivity contribution in [2.24, 2.45) is 0 Å². The average molecular weight is 312 g/mol. The van der Waals surface area contributed by atoms with Gasteiger partial charge >= 0.3 is 5.97 Å². The molecule has 0 aliphatic heterocycles. The van der Waals surface area contributed by atoms with E-state index < -0.39 is 12.1 Å². The van der Waals surface area contributed by atoms with Gasteiger partial charge in [0.25, 0.3) is 0 Å². The predicted octanol–water partition coefficient (Wildman–Crippen LogP) is -1.24. The zero-order valence-corrected chi connectivity index (χ0v) is 10.0. The van der Waals surface area contributed by atoms with Crippen molar-refractivity contribution in [3.63, 3.8) is 0 Å². The molecule has 0 radical (unpaired) electrons. The van der Waals surface area contributed by atoms with Crippen molar-refractivity contribution in [1.29, 1.82) is 0 Å². The maximum absolute atomic E-state index is 9.75. The van der Waals surface area contributed by atoms with Crippen molar-refractivity contribution in [2.45, 2.75) is 6.92 Å². The molecule has 0 aliphatic rings. The van der Waals surface area contributed by atoms with E-state index in [1.807, 2.05) is 6.92 Å². The third-order valence-electron chi connectivity index (χ3n) is 0.542. The topological polar surface area (TPSA) is 100 Å². The molecule has 1 N–H and O–H groups in total. The Bertz CT molecular complexity index is 193. The van der Waals surface area contributed by atoms with Gasteiger partial charge in [-0.15, -0.1) is 0 Å². The summed E-state index contributed by atoms with van der Waals surface area (Å²) >= 11 is 0. The van der Waals surface area contributed by atoms with Crippen LogP contribution in [-0.4, -0.2) is 17.2 Å². The molecule has 0 aromatic heterocycles. The predicted molar refractivity (Wildman–Crippen MR) is 37.0 cm³/mol. The number of carbonyl (C=O) groups excluding carboxylic acids is 1. The minimum atomic E-state index is -2.33. The molecule has 0 aliphatic carbocycles. The standard InChI is InChI=1S/C6H8O2.CH2O3.Ce/c1-2-3-4-5-6(7)8;2-1(3)4;/h2-5H,1H3,(H,7,8);(H2,2,3,4);/p-2/b3-2+,5-4+;;. The van der Waals surface area contributed by atoms with Gasteiger partial charge in [0, 0.05) is 47.8 Å². The van der Waals surface area contributed by atoms with Gasteiger partial charge < -0.3 is 20.1 Å². The van der Waals surface area contributed by atoms with Crippen LogP contribution in [0, 0.1) is 41.7 Å². The Hall–Kier alpha value is -0.403. The second-order valence-electron chi connectivity index (χ2n) is 1.47. The third-order valence-corrected chi connectivity index (χ3v) is 0.542. The second kappa shape index (κ2) is 14.1. The molecule has 0 saturated carbocycles. The molecule has 0 rings (SSSR count). The largest absolute Gasteiger partial charge is 0.652 e. The van der Waals surface area contributed by atoms with E-state index >= 15 is 0 Å². The Balaban J connectivity index is -0.000000173. The molecule has 0 atom stereocenters. The molecule has 0 spiro atoms. The van der Waals surface area contributed by atoms with Crippen LogP contribution in [0.3, 0.4) is 0 Å². The first-order chi connectivity index (χ1) is 5.50. The molecule has 0 saturated heterocycles. The van der Waals surface area contributed by atoms with E-state index in [0.29, 0.717) is 0 Å². The summed E-state index contributed by atoms with van der Waals surface area (Å²) in [7, 11) is 0. The maximum Gasteiger partial charge on any atom is 0.328 e. The quantitative estimate of drug-likeness (QED) is 0.507. The van der Waals surface area contributed by atoms with Crippen molar-refractivity contribution in [3.05, 3.63) is 24.3 Å². The van der Waals surface area contributed by atoms with Gasteiger partial charge in [0.05, 0.1) is 0 Å². The van der Waals surface area contributed by atoms with Gasteiger partial charge in [0.15, 0.2) is 0 Å². The summed E-state index contributed by atoms with van der Waals surface area (Å²) in [6, 6.07) is 0. The van der Waals surface area contributed by atoms with Crippen LogP contribution in [0.1, 0.15) is 6.92 Å². The first kappa shape index (κ1) is 18.4. The molecule has 6 heteroatoms. The van der Waals surface area contributed by atoms with Crippen LogP contribution in [0.15, 0.2) is 24.3 Å². The van der Waals surface area contributed by atoms with Crippen LogP contribution >= 0.6 is 0 Å². The van der Waals surface area contributed by atoms with E-state index in [1.54, 1.807) is 12.2 Å². The Morgan fingerprint density at radius 1 is 1.23 bits per heavy atom. The Morgan fingerprint density at radius 2 is 1.62 bits per heavy atom. The van der Waals surface area contributed by atoms with Gasteiger partial charge in [0.2, 0.25) is 0 Å².